The van der Waals surface area contributed by atoms with Crippen LogP contribution >= 0.6 is 11.3 Å². The lowest BCUT2D eigenvalue weighted by molar-refractivity contribution is 0.0943. The third-order valence-electron chi connectivity index (χ3n) is 4.70. The molecule has 0 bridgehead atoms. The van der Waals surface area contributed by atoms with Gasteiger partial charge in [0, 0.05) is 24.2 Å². The molecule has 0 spiro atoms. The van der Waals surface area contributed by atoms with E-state index in [1.54, 1.807) is 35.8 Å². The number of thiophene rings is 1. The van der Waals surface area contributed by atoms with Crippen molar-refractivity contribution in [2.24, 2.45) is 0 Å². The van der Waals surface area contributed by atoms with E-state index in [0.717, 1.165) is 10.6 Å². The van der Waals surface area contributed by atoms with Crippen LogP contribution in [0.1, 0.15) is 34.9 Å². The van der Waals surface area contributed by atoms with Crippen molar-refractivity contribution >= 4 is 17.2 Å². The number of aromatic nitrogens is 3. The summed E-state index contributed by atoms with van der Waals surface area (Å²) in [7, 11) is 0. The van der Waals surface area contributed by atoms with Gasteiger partial charge in [0.2, 0.25) is 5.76 Å². The van der Waals surface area contributed by atoms with Crippen molar-refractivity contribution in [3.8, 4) is 22.1 Å². The number of carbonyl (C=O) groups excluding carboxylic acids is 1. The fourth-order valence-electron chi connectivity index (χ4n) is 3.15. The highest BCUT2D eigenvalue weighted by molar-refractivity contribution is 7.13. The van der Waals surface area contributed by atoms with Crippen LogP contribution in [0.4, 0.5) is 0 Å². The van der Waals surface area contributed by atoms with Crippen LogP contribution in [0, 0.1) is 0 Å². The van der Waals surface area contributed by atoms with E-state index in [1.165, 1.54) is 18.5 Å². The highest BCUT2D eigenvalue weighted by Gasteiger charge is 2.28. The second-order valence-corrected chi connectivity index (χ2v) is 7.69. The first-order valence-corrected chi connectivity index (χ1v) is 10.1. The third-order valence-corrected chi connectivity index (χ3v) is 5.59. The van der Waals surface area contributed by atoms with Crippen molar-refractivity contribution in [2.75, 3.05) is 6.54 Å². The zero-order chi connectivity index (χ0) is 18.9. The Morgan fingerprint density at radius 1 is 1.25 bits per heavy atom. The Labute approximate surface area is 165 Å². The molecule has 0 unspecified atom stereocenters. The number of carbonyl (C=O) groups is 1. The van der Waals surface area contributed by atoms with E-state index in [9.17, 15) is 4.79 Å². The number of hydrogen-bond acceptors (Lipinski definition) is 6. The number of nitrogens with one attached hydrogen (secondary N) is 1. The molecule has 0 aromatic carbocycles. The lowest BCUT2D eigenvalue weighted by atomic mass is 10.2. The lowest BCUT2D eigenvalue weighted by Crippen LogP contribution is -2.28. The molecule has 5 rings (SSSR count). The summed E-state index contributed by atoms with van der Waals surface area (Å²) >= 11 is 1.69. The van der Waals surface area contributed by atoms with Crippen LogP contribution in [-0.4, -0.2) is 27.4 Å². The SMILES string of the molecule is O=C(NCCn1nc(-c2cccs2)cc1C1CC1)c1cc(-c2ccco2)on1. The molecular weight excluding hydrogens is 376 g/mol. The van der Waals surface area contributed by atoms with E-state index >= 15 is 0 Å². The molecular formula is C20H18N4O3S. The van der Waals surface area contributed by atoms with Crippen LogP contribution in [0.3, 0.4) is 0 Å². The van der Waals surface area contributed by atoms with E-state index in [2.05, 4.69) is 28.0 Å². The van der Waals surface area contributed by atoms with Gasteiger partial charge in [-0.25, -0.2) is 0 Å². The van der Waals surface area contributed by atoms with Gasteiger partial charge in [0.1, 0.15) is 5.69 Å². The van der Waals surface area contributed by atoms with E-state index in [1.807, 2.05) is 10.7 Å². The third kappa shape index (κ3) is 3.38. The fraction of sp³-hybridized carbons (Fsp3) is 0.250. The van der Waals surface area contributed by atoms with Gasteiger partial charge in [-0.3, -0.25) is 9.48 Å². The minimum Gasteiger partial charge on any atom is -0.461 e. The minimum absolute atomic E-state index is 0.230. The maximum Gasteiger partial charge on any atom is 0.273 e. The van der Waals surface area contributed by atoms with Gasteiger partial charge in [-0.2, -0.15) is 5.10 Å². The molecule has 1 N–H and O–H groups in total. The molecule has 8 heteroatoms. The van der Waals surface area contributed by atoms with Gasteiger partial charge in [-0.15, -0.1) is 11.3 Å². The monoisotopic (exact) mass is 394 g/mol. The van der Waals surface area contributed by atoms with Crippen LogP contribution in [-0.2, 0) is 6.54 Å². The van der Waals surface area contributed by atoms with Crippen molar-refractivity contribution in [1.29, 1.82) is 0 Å². The number of hydrogen-bond donors (Lipinski definition) is 1. The molecule has 0 aliphatic heterocycles. The normalized spacial score (nSPS) is 13.7. The predicted octanol–water partition coefficient (Wildman–Crippen LogP) is 4.17. The summed E-state index contributed by atoms with van der Waals surface area (Å²) in [6.07, 6.45) is 3.95. The van der Waals surface area contributed by atoms with Crippen molar-refractivity contribution in [2.45, 2.75) is 25.3 Å². The fourth-order valence-corrected chi connectivity index (χ4v) is 3.83. The highest BCUT2D eigenvalue weighted by atomic mass is 32.1. The van der Waals surface area contributed by atoms with Gasteiger partial charge >= 0.3 is 0 Å². The average molecular weight is 394 g/mol. The highest BCUT2D eigenvalue weighted by Crippen LogP contribution is 2.41. The summed E-state index contributed by atoms with van der Waals surface area (Å²) in [4.78, 5) is 13.5. The molecule has 0 atom stereocenters. The van der Waals surface area contributed by atoms with E-state index in [0.29, 0.717) is 30.5 Å². The first-order chi connectivity index (χ1) is 13.8. The maximum absolute atomic E-state index is 12.3. The van der Waals surface area contributed by atoms with Gasteiger partial charge < -0.3 is 14.3 Å². The molecule has 1 fully saturated rings. The van der Waals surface area contributed by atoms with Gasteiger partial charge in [0.05, 0.1) is 17.7 Å². The standard InChI is InChI=1S/C20H18N4O3S/c25-20(15-12-18(27-23-15)17-3-1-9-26-17)21-7-8-24-16(13-5-6-13)11-14(22-24)19-4-2-10-28-19/h1-4,9-13H,5-8H2,(H,21,25). The van der Waals surface area contributed by atoms with Crippen molar-refractivity contribution < 1.29 is 13.7 Å². The topological polar surface area (TPSA) is 86.1 Å². The molecule has 142 valence electrons. The smallest absolute Gasteiger partial charge is 0.273 e. The molecule has 0 saturated heterocycles. The Bertz CT molecular complexity index is 1080. The van der Waals surface area contributed by atoms with Crippen LogP contribution in [0.25, 0.3) is 22.1 Å². The Morgan fingerprint density at radius 2 is 2.18 bits per heavy atom. The molecule has 28 heavy (non-hydrogen) atoms. The molecule has 4 aromatic rings. The van der Waals surface area contributed by atoms with Crippen molar-refractivity contribution in [1.82, 2.24) is 20.3 Å². The van der Waals surface area contributed by atoms with Crippen molar-refractivity contribution in [3.63, 3.8) is 0 Å². The number of nitrogens with zero attached hydrogens (tertiary/aromatic N) is 3. The summed E-state index contributed by atoms with van der Waals surface area (Å²) in [6.45, 7) is 1.08. The van der Waals surface area contributed by atoms with Gasteiger partial charge in [-0.05, 0) is 42.5 Å². The minimum atomic E-state index is -0.278. The molecule has 7 nitrogen and oxygen atoms in total. The first kappa shape index (κ1) is 17.0. The number of rotatable bonds is 7. The van der Waals surface area contributed by atoms with Crippen molar-refractivity contribution in [3.05, 3.63) is 59.4 Å². The quantitative estimate of drug-likeness (QED) is 0.508. The van der Waals surface area contributed by atoms with Crippen LogP contribution in [0.15, 0.2) is 57.0 Å². The maximum atomic E-state index is 12.3. The summed E-state index contributed by atoms with van der Waals surface area (Å²) < 4.78 is 12.4. The Balaban J connectivity index is 1.24. The van der Waals surface area contributed by atoms with Gasteiger partial charge in [0.15, 0.2) is 11.5 Å². The zero-order valence-corrected chi connectivity index (χ0v) is 15.8. The van der Waals surface area contributed by atoms with Crippen LogP contribution in [0.5, 0.6) is 0 Å². The second kappa shape index (κ2) is 7.12. The average Bonchev–Trinajstić information content (AvgIpc) is 3.24. The molecule has 1 amide bonds. The summed E-state index contributed by atoms with van der Waals surface area (Å²) in [6, 6.07) is 11.4. The Morgan fingerprint density at radius 3 is 2.93 bits per heavy atom. The Hall–Kier alpha value is -3.13. The van der Waals surface area contributed by atoms with Crippen LogP contribution < -0.4 is 5.32 Å². The first-order valence-electron chi connectivity index (χ1n) is 9.18. The van der Waals surface area contributed by atoms with E-state index < -0.39 is 0 Å². The van der Waals surface area contributed by atoms with Gasteiger partial charge in [0.25, 0.3) is 5.91 Å². The molecule has 4 aromatic heterocycles. The molecule has 1 aliphatic carbocycles. The molecule has 1 saturated carbocycles. The summed E-state index contributed by atoms with van der Waals surface area (Å²) in [5.74, 6) is 1.28. The summed E-state index contributed by atoms with van der Waals surface area (Å²) in [5.41, 5.74) is 2.48. The zero-order valence-electron chi connectivity index (χ0n) is 15.0. The van der Waals surface area contributed by atoms with E-state index in [4.69, 9.17) is 14.0 Å². The number of amides is 1. The van der Waals surface area contributed by atoms with Gasteiger partial charge in [-0.1, -0.05) is 11.2 Å². The molecule has 1 aliphatic rings. The number of furan rings is 1. The van der Waals surface area contributed by atoms with Crippen LogP contribution in [0.2, 0.25) is 0 Å². The second-order valence-electron chi connectivity index (χ2n) is 6.74. The lowest BCUT2D eigenvalue weighted by Gasteiger charge is -2.07. The summed E-state index contributed by atoms with van der Waals surface area (Å²) in [5, 5.41) is 13.5. The largest absolute Gasteiger partial charge is 0.461 e. The van der Waals surface area contributed by atoms with E-state index in [-0.39, 0.29) is 11.6 Å². The Kier molecular flexibility index (Phi) is 4.32. The molecule has 4 heterocycles. The predicted molar refractivity (Wildman–Crippen MR) is 104 cm³/mol. The molecule has 0 radical (unpaired) electrons.